The zero-order valence-electron chi connectivity index (χ0n) is 10.1. The number of carbonyl (C=O) groups is 1. The molecule has 82 valence electrons. The van der Waals surface area contributed by atoms with E-state index in [9.17, 15) is 4.79 Å². The van der Waals surface area contributed by atoms with Crippen molar-refractivity contribution in [2.45, 2.75) is 59.4 Å². The average Bonchev–Trinajstić information content (AvgIpc) is 2.03. The molecule has 0 unspecified atom stereocenters. The molecular weight excluding hydrogens is 174 g/mol. The molecule has 0 radical (unpaired) electrons. The Bertz CT molecular complexity index is 216. The second-order valence-electron chi connectivity index (χ2n) is 4.47. The molecule has 0 aromatic rings. The van der Waals surface area contributed by atoms with E-state index in [0.717, 1.165) is 24.8 Å². The zero-order valence-corrected chi connectivity index (χ0v) is 10.1. The van der Waals surface area contributed by atoms with Crippen molar-refractivity contribution in [2.75, 3.05) is 0 Å². The van der Waals surface area contributed by atoms with Crippen LogP contribution in [0.15, 0.2) is 11.6 Å². The van der Waals surface area contributed by atoms with E-state index in [0.29, 0.717) is 0 Å². The minimum Gasteiger partial charge on any atom is -0.348 e. The summed E-state index contributed by atoms with van der Waals surface area (Å²) in [6, 6.07) is 0. The molecule has 2 nitrogen and oxygen atoms in total. The molecule has 0 aliphatic carbocycles. The van der Waals surface area contributed by atoms with E-state index >= 15 is 0 Å². The van der Waals surface area contributed by atoms with E-state index in [-0.39, 0.29) is 11.4 Å². The maximum absolute atomic E-state index is 11.5. The van der Waals surface area contributed by atoms with E-state index in [1.807, 2.05) is 20.8 Å². The number of nitrogens with one attached hydrogen (secondary N) is 1. The smallest absolute Gasteiger partial charge is 0.244 e. The van der Waals surface area contributed by atoms with Crippen molar-refractivity contribution < 1.29 is 4.79 Å². The summed E-state index contributed by atoms with van der Waals surface area (Å²) in [6.07, 6.45) is 4.74. The standard InChI is InChI=1S/C12H23NO/c1-6-8-10(3)9-11(14)13-12(4,5)7-2/h9H,6-8H2,1-5H3,(H,13,14). The zero-order chi connectivity index (χ0) is 11.2. The summed E-state index contributed by atoms with van der Waals surface area (Å²) in [6.45, 7) is 10.3. The number of allylic oxidation sites excluding steroid dienone is 1. The van der Waals surface area contributed by atoms with Crippen LogP contribution < -0.4 is 5.32 Å². The highest BCUT2D eigenvalue weighted by Gasteiger charge is 2.16. The minimum absolute atomic E-state index is 0.0304. The molecule has 0 aliphatic rings. The Balaban J connectivity index is 4.16. The summed E-state index contributed by atoms with van der Waals surface area (Å²) >= 11 is 0. The van der Waals surface area contributed by atoms with Crippen LogP contribution >= 0.6 is 0 Å². The highest BCUT2D eigenvalue weighted by Crippen LogP contribution is 2.08. The summed E-state index contributed by atoms with van der Waals surface area (Å²) in [5.74, 6) is 0.0304. The first kappa shape index (κ1) is 13.2. The molecular formula is C12H23NO. The van der Waals surface area contributed by atoms with Gasteiger partial charge < -0.3 is 5.32 Å². The van der Waals surface area contributed by atoms with Crippen LogP contribution in [0, 0.1) is 0 Å². The van der Waals surface area contributed by atoms with Gasteiger partial charge in [0.05, 0.1) is 0 Å². The van der Waals surface area contributed by atoms with Crippen molar-refractivity contribution in [3.8, 4) is 0 Å². The molecule has 0 bridgehead atoms. The Morgan fingerprint density at radius 2 is 1.93 bits per heavy atom. The predicted octanol–water partition coefficient (Wildman–Crippen LogP) is 3.04. The SMILES string of the molecule is CCCC(C)=CC(=O)NC(C)(C)CC. The van der Waals surface area contributed by atoms with Crippen LogP contribution in [0.5, 0.6) is 0 Å². The van der Waals surface area contributed by atoms with Crippen LogP contribution in [-0.4, -0.2) is 11.4 Å². The maximum Gasteiger partial charge on any atom is 0.244 e. The molecule has 0 aromatic carbocycles. The lowest BCUT2D eigenvalue weighted by Crippen LogP contribution is -2.42. The molecule has 14 heavy (non-hydrogen) atoms. The van der Waals surface area contributed by atoms with Crippen LogP contribution in [0.1, 0.15) is 53.9 Å². The normalized spacial score (nSPS) is 12.8. The fraction of sp³-hybridized carbons (Fsp3) is 0.750. The number of rotatable bonds is 5. The first-order valence-corrected chi connectivity index (χ1v) is 5.40. The third-order valence-corrected chi connectivity index (χ3v) is 2.37. The molecule has 0 atom stereocenters. The van der Waals surface area contributed by atoms with E-state index in [1.54, 1.807) is 6.08 Å². The molecule has 0 rings (SSSR count). The Morgan fingerprint density at radius 3 is 2.36 bits per heavy atom. The van der Waals surface area contributed by atoms with Crippen LogP contribution in [0.2, 0.25) is 0 Å². The highest BCUT2D eigenvalue weighted by molar-refractivity contribution is 5.88. The van der Waals surface area contributed by atoms with Crippen molar-refractivity contribution in [1.82, 2.24) is 5.32 Å². The second kappa shape index (κ2) is 5.84. The van der Waals surface area contributed by atoms with Crippen molar-refractivity contribution >= 4 is 5.91 Å². The third kappa shape index (κ3) is 5.79. The van der Waals surface area contributed by atoms with Crippen molar-refractivity contribution in [1.29, 1.82) is 0 Å². The average molecular weight is 197 g/mol. The maximum atomic E-state index is 11.5. The summed E-state index contributed by atoms with van der Waals surface area (Å²) in [5.41, 5.74) is 1.05. The van der Waals surface area contributed by atoms with Gasteiger partial charge in [-0.2, -0.15) is 0 Å². The Hall–Kier alpha value is -0.790. The number of amides is 1. The van der Waals surface area contributed by atoms with Gasteiger partial charge in [0.15, 0.2) is 0 Å². The molecule has 0 saturated heterocycles. The van der Waals surface area contributed by atoms with Crippen LogP contribution in [0.3, 0.4) is 0 Å². The first-order chi connectivity index (χ1) is 6.41. The van der Waals surface area contributed by atoms with Crippen molar-refractivity contribution in [3.63, 3.8) is 0 Å². The second-order valence-corrected chi connectivity index (χ2v) is 4.47. The van der Waals surface area contributed by atoms with Gasteiger partial charge in [-0.15, -0.1) is 0 Å². The minimum atomic E-state index is -0.0971. The highest BCUT2D eigenvalue weighted by atomic mass is 16.1. The fourth-order valence-electron chi connectivity index (χ4n) is 1.15. The molecule has 0 heterocycles. The third-order valence-electron chi connectivity index (χ3n) is 2.37. The Kier molecular flexibility index (Phi) is 5.51. The van der Waals surface area contributed by atoms with Crippen molar-refractivity contribution in [2.24, 2.45) is 0 Å². The summed E-state index contributed by atoms with van der Waals surface area (Å²) in [5, 5.41) is 2.98. The van der Waals surface area contributed by atoms with Gasteiger partial charge in [0.2, 0.25) is 5.91 Å². The summed E-state index contributed by atoms with van der Waals surface area (Å²) in [7, 11) is 0. The largest absolute Gasteiger partial charge is 0.348 e. The molecule has 0 saturated carbocycles. The fourth-order valence-corrected chi connectivity index (χ4v) is 1.15. The van der Waals surface area contributed by atoms with Gasteiger partial charge in [-0.25, -0.2) is 0 Å². The van der Waals surface area contributed by atoms with Gasteiger partial charge in [0.25, 0.3) is 0 Å². The van der Waals surface area contributed by atoms with Crippen molar-refractivity contribution in [3.05, 3.63) is 11.6 Å². The van der Waals surface area contributed by atoms with E-state index in [1.165, 1.54) is 0 Å². The topological polar surface area (TPSA) is 29.1 Å². The molecule has 0 aromatic heterocycles. The first-order valence-electron chi connectivity index (χ1n) is 5.40. The van der Waals surface area contributed by atoms with Gasteiger partial charge >= 0.3 is 0 Å². The molecule has 0 fully saturated rings. The van der Waals surface area contributed by atoms with Crippen LogP contribution in [0.4, 0.5) is 0 Å². The van der Waals surface area contributed by atoms with Gasteiger partial charge in [-0.05, 0) is 33.6 Å². The molecule has 1 N–H and O–H groups in total. The lowest BCUT2D eigenvalue weighted by Gasteiger charge is -2.23. The quantitative estimate of drug-likeness (QED) is 0.674. The Morgan fingerprint density at radius 1 is 1.36 bits per heavy atom. The lowest BCUT2D eigenvalue weighted by molar-refractivity contribution is -0.118. The van der Waals surface area contributed by atoms with Gasteiger partial charge in [-0.1, -0.05) is 25.8 Å². The van der Waals surface area contributed by atoms with Crippen LogP contribution in [-0.2, 0) is 4.79 Å². The predicted molar refractivity (Wildman–Crippen MR) is 61.2 cm³/mol. The van der Waals surface area contributed by atoms with E-state index in [2.05, 4.69) is 19.2 Å². The van der Waals surface area contributed by atoms with E-state index in [4.69, 9.17) is 0 Å². The molecule has 0 spiro atoms. The summed E-state index contributed by atoms with van der Waals surface area (Å²) in [4.78, 5) is 11.5. The molecule has 0 aliphatic heterocycles. The van der Waals surface area contributed by atoms with Gasteiger partial charge in [-0.3, -0.25) is 4.79 Å². The molecule has 1 amide bonds. The number of carbonyl (C=O) groups excluding carboxylic acids is 1. The monoisotopic (exact) mass is 197 g/mol. The Labute approximate surface area is 87.8 Å². The lowest BCUT2D eigenvalue weighted by atomic mass is 10.0. The van der Waals surface area contributed by atoms with E-state index < -0.39 is 0 Å². The van der Waals surface area contributed by atoms with Crippen LogP contribution in [0.25, 0.3) is 0 Å². The summed E-state index contributed by atoms with van der Waals surface area (Å²) < 4.78 is 0. The van der Waals surface area contributed by atoms with Gasteiger partial charge in [0, 0.05) is 11.6 Å². The number of hydrogen-bond donors (Lipinski definition) is 1. The number of hydrogen-bond acceptors (Lipinski definition) is 1. The molecule has 2 heteroatoms. The van der Waals surface area contributed by atoms with Gasteiger partial charge in [0.1, 0.15) is 0 Å².